The third-order valence-electron chi connectivity index (χ3n) is 2.66. The molecule has 0 fully saturated rings. The maximum absolute atomic E-state index is 13.2. The standard InChI is InChI=1S/C12H7FN4O4/c13-9-2-1-7(4-14)8(3-9)5-16-6-10(17(20)21)11(15-16)12(18)19/h1-3,6H,5H2,(H,18,19). The number of aromatic nitrogens is 2. The molecule has 1 N–H and O–H groups in total. The zero-order valence-corrected chi connectivity index (χ0v) is 10.4. The molecular weight excluding hydrogens is 283 g/mol. The molecule has 0 saturated carbocycles. The van der Waals surface area contributed by atoms with E-state index in [0.29, 0.717) is 0 Å². The summed E-state index contributed by atoms with van der Waals surface area (Å²) < 4.78 is 14.2. The average molecular weight is 290 g/mol. The lowest BCUT2D eigenvalue weighted by Crippen LogP contribution is -2.06. The minimum atomic E-state index is -1.54. The molecule has 0 unspecified atom stereocenters. The Morgan fingerprint density at radius 3 is 2.81 bits per heavy atom. The van der Waals surface area contributed by atoms with Crippen LogP contribution in [0.3, 0.4) is 0 Å². The highest BCUT2D eigenvalue weighted by Crippen LogP contribution is 2.19. The molecule has 0 aliphatic heterocycles. The number of hydrogen-bond acceptors (Lipinski definition) is 5. The van der Waals surface area contributed by atoms with Crippen molar-refractivity contribution in [2.24, 2.45) is 0 Å². The largest absolute Gasteiger partial charge is 0.476 e. The normalized spacial score (nSPS) is 10.1. The number of carbonyl (C=O) groups is 1. The number of benzene rings is 1. The predicted octanol–water partition coefficient (Wildman–Crippen LogP) is 1.55. The fraction of sp³-hybridized carbons (Fsp3) is 0.0833. The van der Waals surface area contributed by atoms with Crippen LogP contribution in [0.15, 0.2) is 24.4 Å². The first kappa shape index (κ1) is 14.1. The molecule has 0 bridgehead atoms. The number of hydrogen-bond donors (Lipinski definition) is 1. The van der Waals surface area contributed by atoms with Crippen LogP contribution in [0.25, 0.3) is 0 Å². The van der Waals surface area contributed by atoms with Crippen LogP contribution in [0.1, 0.15) is 21.6 Å². The Morgan fingerprint density at radius 2 is 2.29 bits per heavy atom. The summed E-state index contributed by atoms with van der Waals surface area (Å²) >= 11 is 0. The van der Waals surface area contributed by atoms with Gasteiger partial charge in [0.25, 0.3) is 0 Å². The zero-order chi connectivity index (χ0) is 15.6. The van der Waals surface area contributed by atoms with E-state index in [1.54, 1.807) is 0 Å². The van der Waals surface area contributed by atoms with Crippen LogP contribution in [-0.2, 0) is 6.54 Å². The summed E-state index contributed by atoms with van der Waals surface area (Å²) in [5.41, 5.74) is -0.967. The second kappa shape index (κ2) is 5.38. The summed E-state index contributed by atoms with van der Waals surface area (Å²) in [5, 5.41) is 32.1. The van der Waals surface area contributed by atoms with Crippen LogP contribution in [0.4, 0.5) is 10.1 Å². The molecule has 1 aromatic carbocycles. The molecule has 9 heteroatoms. The number of halogens is 1. The molecule has 0 amide bonds. The van der Waals surface area contributed by atoms with Gasteiger partial charge in [0.1, 0.15) is 12.0 Å². The smallest absolute Gasteiger partial charge is 0.363 e. The Morgan fingerprint density at radius 1 is 1.57 bits per heavy atom. The molecule has 0 aliphatic carbocycles. The van der Waals surface area contributed by atoms with Crippen molar-refractivity contribution in [1.82, 2.24) is 9.78 Å². The number of nitrogens with zero attached hydrogens (tertiary/aromatic N) is 4. The van der Waals surface area contributed by atoms with Crippen LogP contribution in [0.2, 0.25) is 0 Å². The van der Waals surface area contributed by atoms with E-state index in [-0.39, 0.29) is 17.7 Å². The van der Waals surface area contributed by atoms with Crippen molar-refractivity contribution < 1.29 is 19.2 Å². The quantitative estimate of drug-likeness (QED) is 0.673. The Labute approximate surface area is 116 Å². The van der Waals surface area contributed by atoms with Gasteiger partial charge in [0, 0.05) is 0 Å². The Balaban J connectivity index is 2.44. The summed E-state index contributed by atoms with van der Waals surface area (Å²) in [4.78, 5) is 20.8. The Bertz CT molecular complexity index is 747. The van der Waals surface area contributed by atoms with Crippen LogP contribution >= 0.6 is 0 Å². The number of rotatable bonds is 4. The number of nitriles is 1. The minimum Gasteiger partial charge on any atom is -0.476 e. The van der Waals surface area contributed by atoms with E-state index in [1.807, 2.05) is 6.07 Å². The highest BCUT2D eigenvalue weighted by atomic mass is 19.1. The molecule has 2 rings (SSSR count). The van der Waals surface area contributed by atoms with E-state index in [2.05, 4.69) is 5.10 Å². The second-order valence-corrected chi connectivity index (χ2v) is 4.04. The van der Waals surface area contributed by atoms with Crippen LogP contribution in [-0.4, -0.2) is 25.8 Å². The van der Waals surface area contributed by atoms with Gasteiger partial charge in [-0.1, -0.05) is 0 Å². The fourth-order valence-electron chi connectivity index (χ4n) is 1.75. The average Bonchev–Trinajstić information content (AvgIpc) is 2.83. The van der Waals surface area contributed by atoms with Crippen LogP contribution in [0.5, 0.6) is 0 Å². The van der Waals surface area contributed by atoms with Gasteiger partial charge in [-0.05, 0) is 23.8 Å². The molecular formula is C12H7FN4O4. The summed E-state index contributed by atoms with van der Waals surface area (Å²) in [6.07, 6.45) is 0.926. The third kappa shape index (κ3) is 2.84. The summed E-state index contributed by atoms with van der Waals surface area (Å²) in [6, 6.07) is 5.31. The van der Waals surface area contributed by atoms with Gasteiger partial charge in [-0.3, -0.25) is 14.8 Å². The van der Waals surface area contributed by atoms with Crippen molar-refractivity contribution in [2.75, 3.05) is 0 Å². The maximum atomic E-state index is 13.2. The third-order valence-corrected chi connectivity index (χ3v) is 2.66. The first-order chi connectivity index (χ1) is 9.92. The molecule has 0 spiro atoms. The molecule has 0 radical (unpaired) electrons. The topological polar surface area (TPSA) is 122 Å². The van der Waals surface area contributed by atoms with Gasteiger partial charge in [0.05, 0.1) is 23.1 Å². The van der Waals surface area contributed by atoms with Crippen LogP contribution in [0, 0.1) is 27.3 Å². The van der Waals surface area contributed by atoms with Gasteiger partial charge in [-0.2, -0.15) is 10.4 Å². The van der Waals surface area contributed by atoms with Crippen molar-refractivity contribution in [1.29, 1.82) is 5.26 Å². The molecule has 0 aliphatic rings. The fourth-order valence-corrected chi connectivity index (χ4v) is 1.75. The van der Waals surface area contributed by atoms with Gasteiger partial charge < -0.3 is 5.11 Å². The molecule has 8 nitrogen and oxygen atoms in total. The van der Waals surface area contributed by atoms with Crippen molar-refractivity contribution >= 4 is 11.7 Å². The second-order valence-electron chi connectivity index (χ2n) is 4.04. The molecule has 2 aromatic rings. The summed E-state index contributed by atoms with van der Waals surface area (Å²) in [7, 11) is 0. The molecule has 1 aromatic heterocycles. The first-order valence-corrected chi connectivity index (χ1v) is 5.56. The Kier molecular flexibility index (Phi) is 3.62. The summed E-state index contributed by atoms with van der Waals surface area (Å²) in [6.45, 7) is -0.158. The van der Waals surface area contributed by atoms with Gasteiger partial charge in [0.15, 0.2) is 0 Å². The van der Waals surface area contributed by atoms with Crippen molar-refractivity contribution in [3.8, 4) is 6.07 Å². The lowest BCUT2D eigenvalue weighted by Gasteiger charge is -2.03. The lowest BCUT2D eigenvalue weighted by molar-refractivity contribution is -0.385. The van der Waals surface area contributed by atoms with Crippen molar-refractivity contribution in [2.45, 2.75) is 6.54 Å². The van der Waals surface area contributed by atoms with Crippen molar-refractivity contribution in [3.05, 3.63) is 57.1 Å². The van der Waals surface area contributed by atoms with E-state index in [4.69, 9.17) is 10.4 Å². The van der Waals surface area contributed by atoms with Gasteiger partial charge in [-0.25, -0.2) is 9.18 Å². The monoisotopic (exact) mass is 290 g/mol. The first-order valence-electron chi connectivity index (χ1n) is 5.56. The van der Waals surface area contributed by atoms with Crippen LogP contribution < -0.4 is 0 Å². The molecule has 0 saturated heterocycles. The SMILES string of the molecule is N#Cc1ccc(F)cc1Cn1cc([N+](=O)[O-])c(C(=O)O)n1. The van der Waals surface area contributed by atoms with Gasteiger partial charge in [0.2, 0.25) is 5.69 Å². The number of carboxylic acids is 1. The van der Waals surface area contributed by atoms with E-state index in [1.165, 1.54) is 6.07 Å². The number of carboxylic acid groups (broad SMARTS) is 1. The maximum Gasteiger partial charge on any atom is 0.363 e. The van der Waals surface area contributed by atoms with E-state index < -0.39 is 28.1 Å². The highest BCUT2D eigenvalue weighted by Gasteiger charge is 2.25. The highest BCUT2D eigenvalue weighted by molar-refractivity contribution is 5.89. The molecule has 0 atom stereocenters. The minimum absolute atomic E-state index is 0.158. The van der Waals surface area contributed by atoms with E-state index >= 15 is 0 Å². The number of aromatic carboxylic acids is 1. The molecule has 21 heavy (non-hydrogen) atoms. The van der Waals surface area contributed by atoms with Crippen molar-refractivity contribution in [3.63, 3.8) is 0 Å². The van der Waals surface area contributed by atoms with Gasteiger partial charge in [-0.15, -0.1) is 0 Å². The van der Waals surface area contributed by atoms with Gasteiger partial charge >= 0.3 is 11.7 Å². The Hall–Kier alpha value is -3.28. The zero-order valence-electron chi connectivity index (χ0n) is 10.4. The number of nitro groups is 1. The predicted molar refractivity (Wildman–Crippen MR) is 66.1 cm³/mol. The van der Waals surface area contributed by atoms with E-state index in [9.17, 15) is 19.3 Å². The lowest BCUT2D eigenvalue weighted by atomic mass is 10.1. The molecule has 106 valence electrons. The van der Waals surface area contributed by atoms with E-state index in [0.717, 1.165) is 23.0 Å². The summed E-state index contributed by atoms with van der Waals surface area (Å²) in [5.74, 6) is -2.12. The molecule has 1 heterocycles.